The zero-order valence-corrected chi connectivity index (χ0v) is 16.3. The molecule has 0 aromatic carbocycles. The second-order valence-electron chi connectivity index (χ2n) is 7.17. The number of likely N-dealkylation sites (tertiary alicyclic amines) is 1. The topological polar surface area (TPSA) is 86.4 Å². The third-order valence-corrected chi connectivity index (χ3v) is 5.28. The second-order valence-corrected chi connectivity index (χ2v) is 7.17. The van der Waals surface area contributed by atoms with Crippen molar-refractivity contribution in [2.45, 2.75) is 25.7 Å². The van der Waals surface area contributed by atoms with Crippen molar-refractivity contribution >= 4 is 23.0 Å². The van der Waals surface area contributed by atoms with Gasteiger partial charge >= 0.3 is 0 Å². The SMILES string of the molecule is CNc1cc(C(=O)N2CCCCCC2)ncc1C(=N)c1cnc2ccc(F)cn12. The molecule has 4 rings (SSSR count). The summed E-state index contributed by atoms with van der Waals surface area (Å²) in [4.78, 5) is 23.3. The van der Waals surface area contributed by atoms with Crippen molar-refractivity contribution in [2.75, 3.05) is 25.5 Å². The fraction of sp³-hybridized carbons (Fsp3) is 0.333. The van der Waals surface area contributed by atoms with E-state index < -0.39 is 5.82 Å². The van der Waals surface area contributed by atoms with Crippen molar-refractivity contribution in [1.29, 1.82) is 5.41 Å². The average molecular weight is 394 g/mol. The van der Waals surface area contributed by atoms with Gasteiger partial charge in [0.1, 0.15) is 17.2 Å². The van der Waals surface area contributed by atoms with Crippen LogP contribution in [-0.4, -0.2) is 51.0 Å². The highest BCUT2D eigenvalue weighted by atomic mass is 19.1. The number of amides is 1. The summed E-state index contributed by atoms with van der Waals surface area (Å²) in [6.45, 7) is 1.50. The maximum atomic E-state index is 13.7. The fourth-order valence-electron chi connectivity index (χ4n) is 3.69. The molecule has 29 heavy (non-hydrogen) atoms. The van der Waals surface area contributed by atoms with Crippen LogP contribution in [0, 0.1) is 11.2 Å². The molecule has 150 valence electrons. The summed E-state index contributed by atoms with van der Waals surface area (Å²) >= 11 is 0. The van der Waals surface area contributed by atoms with Gasteiger partial charge in [-0.2, -0.15) is 0 Å². The predicted molar refractivity (Wildman–Crippen MR) is 109 cm³/mol. The van der Waals surface area contributed by atoms with Gasteiger partial charge in [0.05, 0.1) is 17.6 Å². The molecule has 0 unspecified atom stereocenters. The molecule has 4 heterocycles. The monoisotopic (exact) mass is 394 g/mol. The van der Waals surface area contributed by atoms with Crippen LogP contribution in [0.15, 0.2) is 36.8 Å². The first-order chi connectivity index (χ1) is 14.1. The standard InChI is InChI=1S/C21H23FN6O/c1-24-16-10-17(21(29)27-8-4-2-3-5-9-27)25-11-15(16)20(23)18-12-26-19-7-6-14(22)13-28(18)19/h6-7,10-13,23H,2-5,8-9H2,1H3,(H,24,25). The minimum Gasteiger partial charge on any atom is -0.387 e. The molecule has 3 aromatic heterocycles. The molecule has 1 aliphatic rings. The third kappa shape index (κ3) is 3.70. The van der Waals surface area contributed by atoms with E-state index in [4.69, 9.17) is 5.41 Å². The van der Waals surface area contributed by atoms with Gasteiger partial charge in [-0.15, -0.1) is 0 Å². The summed E-state index contributed by atoms with van der Waals surface area (Å²) in [6.07, 6.45) is 8.68. The lowest BCUT2D eigenvalue weighted by atomic mass is 10.1. The number of rotatable bonds is 4. The Morgan fingerprint density at radius 1 is 1.14 bits per heavy atom. The number of nitrogens with one attached hydrogen (secondary N) is 2. The lowest BCUT2D eigenvalue weighted by Gasteiger charge is -2.20. The fourth-order valence-corrected chi connectivity index (χ4v) is 3.69. The Hall–Kier alpha value is -3.29. The molecule has 0 spiro atoms. The number of pyridine rings is 2. The van der Waals surface area contributed by atoms with E-state index in [9.17, 15) is 9.18 Å². The molecule has 0 radical (unpaired) electrons. The Bertz CT molecular complexity index is 1070. The zero-order chi connectivity index (χ0) is 20.4. The third-order valence-electron chi connectivity index (χ3n) is 5.28. The summed E-state index contributed by atoms with van der Waals surface area (Å²) in [7, 11) is 1.74. The number of carbonyl (C=O) groups is 1. The van der Waals surface area contributed by atoms with Crippen LogP contribution >= 0.6 is 0 Å². The van der Waals surface area contributed by atoms with Crippen molar-refractivity contribution in [2.24, 2.45) is 0 Å². The minimum absolute atomic E-state index is 0.0849. The molecule has 1 fully saturated rings. The molecule has 8 heteroatoms. The van der Waals surface area contributed by atoms with Gasteiger partial charge in [0.15, 0.2) is 0 Å². The number of nitrogens with zero attached hydrogens (tertiary/aromatic N) is 4. The number of fused-ring (bicyclic) bond motifs is 1. The summed E-state index contributed by atoms with van der Waals surface area (Å²) in [5, 5.41) is 11.7. The molecule has 1 aliphatic heterocycles. The molecule has 0 bridgehead atoms. The Morgan fingerprint density at radius 2 is 1.90 bits per heavy atom. The van der Waals surface area contributed by atoms with Gasteiger partial charge in [-0.25, -0.2) is 9.37 Å². The number of carbonyl (C=O) groups excluding carboxylic acids is 1. The maximum absolute atomic E-state index is 13.7. The van der Waals surface area contributed by atoms with Gasteiger partial charge in [0, 0.05) is 43.8 Å². The molecule has 2 N–H and O–H groups in total. The van der Waals surface area contributed by atoms with Crippen molar-refractivity contribution in [3.8, 4) is 0 Å². The van der Waals surface area contributed by atoms with E-state index in [0.717, 1.165) is 38.8 Å². The number of halogens is 1. The molecule has 3 aromatic rings. The molecule has 0 atom stereocenters. The van der Waals surface area contributed by atoms with Gasteiger partial charge in [-0.05, 0) is 31.0 Å². The number of anilines is 1. The largest absolute Gasteiger partial charge is 0.387 e. The van der Waals surface area contributed by atoms with Gasteiger partial charge < -0.3 is 10.2 Å². The quantitative estimate of drug-likeness (QED) is 0.665. The van der Waals surface area contributed by atoms with E-state index in [-0.39, 0.29) is 11.6 Å². The van der Waals surface area contributed by atoms with Gasteiger partial charge in [-0.1, -0.05) is 12.8 Å². The summed E-state index contributed by atoms with van der Waals surface area (Å²) in [6, 6.07) is 4.58. The Labute approximate surface area is 168 Å². The number of hydrogen-bond acceptors (Lipinski definition) is 5. The van der Waals surface area contributed by atoms with Crippen LogP contribution in [0.2, 0.25) is 0 Å². The molecule has 7 nitrogen and oxygen atoms in total. The summed E-state index contributed by atoms with van der Waals surface area (Å²) < 4.78 is 15.2. The molecular formula is C21H23FN6O. The highest BCUT2D eigenvalue weighted by Gasteiger charge is 2.21. The van der Waals surface area contributed by atoms with Crippen molar-refractivity contribution in [3.63, 3.8) is 0 Å². The summed E-state index contributed by atoms with van der Waals surface area (Å²) in [5.41, 5.74) is 2.65. The van der Waals surface area contributed by atoms with Gasteiger partial charge in [-0.3, -0.25) is 19.6 Å². The van der Waals surface area contributed by atoms with Crippen LogP contribution in [0.1, 0.15) is 47.4 Å². The van der Waals surface area contributed by atoms with Gasteiger partial charge in [0.2, 0.25) is 0 Å². The van der Waals surface area contributed by atoms with Crippen LogP contribution in [0.5, 0.6) is 0 Å². The van der Waals surface area contributed by atoms with Crippen LogP contribution in [0.3, 0.4) is 0 Å². The smallest absolute Gasteiger partial charge is 0.272 e. The van der Waals surface area contributed by atoms with E-state index in [1.54, 1.807) is 19.2 Å². The number of aromatic nitrogens is 3. The minimum atomic E-state index is -0.407. The Morgan fingerprint density at radius 3 is 2.62 bits per heavy atom. The van der Waals surface area contributed by atoms with Crippen LogP contribution < -0.4 is 5.32 Å². The Balaban J connectivity index is 1.66. The van der Waals surface area contributed by atoms with E-state index >= 15 is 0 Å². The molecule has 1 saturated heterocycles. The highest BCUT2D eigenvalue weighted by molar-refractivity contribution is 6.13. The molecule has 1 amide bonds. The number of hydrogen-bond donors (Lipinski definition) is 2. The van der Waals surface area contributed by atoms with E-state index in [0.29, 0.717) is 28.3 Å². The molecule has 0 aliphatic carbocycles. The van der Waals surface area contributed by atoms with Crippen molar-refractivity contribution in [1.82, 2.24) is 19.3 Å². The van der Waals surface area contributed by atoms with Crippen LogP contribution in [-0.2, 0) is 0 Å². The summed E-state index contributed by atoms with van der Waals surface area (Å²) in [5.74, 6) is -0.492. The van der Waals surface area contributed by atoms with Gasteiger partial charge in [0.25, 0.3) is 5.91 Å². The second kappa shape index (κ2) is 7.98. The van der Waals surface area contributed by atoms with E-state index in [1.807, 2.05) is 4.90 Å². The predicted octanol–water partition coefficient (Wildman–Crippen LogP) is 3.34. The average Bonchev–Trinajstić information content (AvgIpc) is 2.96. The number of imidazole rings is 1. The molecular weight excluding hydrogens is 371 g/mol. The van der Waals surface area contributed by atoms with Crippen LogP contribution in [0.4, 0.5) is 10.1 Å². The van der Waals surface area contributed by atoms with E-state index in [2.05, 4.69) is 15.3 Å². The maximum Gasteiger partial charge on any atom is 0.272 e. The zero-order valence-electron chi connectivity index (χ0n) is 16.3. The van der Waals surface area contributed by atoms with Crippen LogP contribution in [0.25, 0.3) is 5.65 Å². The van der Waals surface area contributed by atoms with Crippen molar-refractivity contribution in [3.05, 3.63) is 59.6 Å². The van der Waals surface area contributed by atoms with E-state index in [1.165, 1.54) is 29.1 Å². The normalized spacial score (nSPS) is 14.6. The molecule has 0 saturated carbocycles. The first-order valence-corrected chi connectivity index (χ1v) is 9.77. The first kappa shape index (κ1) is 19.0. The Kier molecular flexibility index (Phi) is 5.24. The first-order valence-electron chi connectivity index (χ1n) is 9.77. The van der Waals surface area contributed by atoms with Crippen molar-refractivity contribution < 1.29 is 9.18 Å². The highest BCUT2D eigenvalue weighted by Crippen LogP contribution is 2.22. The lowest BCUT2D eigenvalue weighted by molar-refractivity contribution is 0.0756. The lowest BCUT2D eigenvalue weighted by Crippen LogP contribution is -2.32.